The molecule has 0 spiro atoms. The van der Waals surface area contributed by atoms with E-state index < -0.39 is 5.97 Å². The predicted molar refractivity (Wildman–Crippen MR) is 87.3 cm³/mol. The van der Waals surface area contributed by atoms with Crippen molar-refractivity contribution in [3.8, 4) is 0 Å². The van der Waals surface area contributed by atoms with Gasteiger partial charge in [-0.3, -0.25) is 9.59 Å². The van der Waals surface area contributed by atoms with Crippen molar-refractivity contribution >= 4 is 24.5 Å². The van der Waals surface area contributed by atoms with E-state index in [2.05, 4.69) is 23.7 Å². The van der Waals surface area contributed by atoms with Gasteiger partial charge in [-0.05, 0) is 12.8 Å². The summed E-state index contributed by atoms with van der Waals surface area (Å²) in [5.74, 6) is -0.217. The molecule has 0 heterocycles. The molecule has 21 heavy (non-hydrogen) atoms. The van der Waals surface area contributed by atoms with Crippen LogP contribution in [0.5, 0.6) is 0 Å². The molecule has 1 unspecified atom stereocenters. The van der Waals surface area contributed by atoms with Crippen LogP contribution in [0.1, 0.15) is 64.2 Å². The van der Waals surface area contributed by atoms with Crippen molar-refractivity contribution in [2.24, 2.45) is 0 Å². The maximum Gasteiger partial charge on any atom is 0.303 e. The zero-order valence-corrected chi connectivity index (χ0v) is 13.9. The van der Waals surface area contributed by atoms with Crippen LogP contribution in [0.4, 0.5) is 0 Å². The van der Waals surface area contributed by atoms with Crippen LogP contribution < -0.4 is 11.1 Å². The van der Waals surface area contributed by atoms with E-state index in [-0.39, 0.29) is 11.9 Å². The van der Waals surface area contributed by atoms with Gasteiger partial charge < -0.3 is 16.2 Å². The third-order valence-electron chi connectivity index (χ3n) is 3.46. The molecular formula is C15H31N2O3S+. The Bertz CT molecular complexity index is 288. The lowest BCUT2D eigenvalue weighted by Crippen LogP contribution is -2.68. The second kappa shape index (κ2) is 14.2. The van der Waals surface area contributed by atoms with Crippen LogP contribution in [0.15, 0.2) is 0 Å². The maximum atomic E-state index is 11.4. The number of unbranched alkanes of at least 4 members (excludes halogenated alkanes) is 8. The zero-order valence-electron chi connectivity index (χ0n) is 13.0. The number of carboxylic acids is 1. The maximum absolute atomic E-state index is 11.4. The van der Waals surface area contributed by atoms with Crippen molar-refractivity contribution in [1.82, 2.24) is 5.32 Å². The van der Waals surface area contributed by atoms with Crippen LogP contribution in [0, 0.1) is 0 Å². The van der Waals surface area contributed by atoms with Gasteiger partial charge >= 0.3 is 5.97 Å². The average molecular weight is 319 g/mol. The summed E-state index contributed by atoms with van der Waals surface area (Å²) < 4.78 is 0. The van der Waals surface area contributed by atoms with Crippen LogP contribution in [-0.4, -0.2) is 35.3 Å². The van der Waals surface area contributed by atoms with E-state index in [0.717, 1.165) is 38.6 Å². The molecule has 0 saturated carbocycles. The Morgan fingerprint density at radius 3 is 1.90 bits per heavy atom. The molecule has 0 aromatic carbocycles. The fraction of sp³-hybridized carbons (Fsp3) is 0.867. The minimum Gasteiger partial charge on any atom is -0.481 e. The first kappa shape index (κ1) is 20.2. The Balaban J connectivity index is 3.16. The average Bonchev–Trinajstić information content (AvgIpc) is 2.46. The topological polar surface area (TPSA) is 94.0 Å². The molecule has 0 fully saturated rings. The van der Waals surface area contributed by atoms with Crippen molar-refractivity contribution in [1.29, 1.82) is 0 Å². The second-order valence-corrected chi connectivity index (χ2v) is 5.86. The monoisotopic (exact) mass is 319 g/mol. The number of rotatable bonds is 14. The summed E-state index contributed by atoms with van der Waals surface area (Å²) in [7, 11) is 0. The van der Waals surface area contributed by atoms with Gasteiger partial charge in [-0.15, -0.1) is 0 Å². The number of hydrogen-bond acceptors (Lipinski definition) is 3. The first-order chi connectivity index (χ1) is 10.1. The van der Waals surface area contributed by atoms with Gasteiger partial charge in [0.1, 0.15) is 0 Å². The lowest BCUT2D eigenvalue weighted by molar-refractivity contribution is -0.396. The molecule has 124 valence electrons. The molecule has 0 radical (unpaired) electrons. The standard InChI is InChI=1S/C15H30N2O3S/c16-13(12-21)15(20)17-11-9-7-5-3-1-2-4-6-8-10-14(18)19/h13,21H,1-12,16H2,(H,17,20)(H,18,19)/p+1. The highest BCUT2D eigenvalue weighted by molar-refractivity contribution is 7.80. The van der Waals surface area contributed by atoms with Crippen molar-refractivity contribution in [3.05, 3.63) is 0 Å². The normalized spacial score (nSPS) is 12.1. The van der Waals surface area contributed by atoms with Crippen LogP contribution in [0.2, 0.25) is 0 Å². The van der Waals surface area contributed by atoms with E-state index in [0.29, 0.717) is 12.2 Å². The number of quaternary nitrogens is 1. The number of nitrogens with one attached hydrogen (secondary N) is 1. The summed E-state index contributed by atoms with van der Waals surface area (Å²) in [6, 6.07) is -0.255. The lowest BCUT2D eigenvalue weighted by atomic mass is 10.1. The number of thiol groups is 1. The van der Waals surface area contributed by atoms with E-state index in [1.165, 1.54) is 25.7 Å². The summed E-state index contributed by atoms with van der Waals surface area (Å²) in [6.07, 6.45) is 10.3. The van der Waals surface area contributed by atoms with Gasteiger partial charge in [-0.1, -0.05) is 44.9 Å². The number of amides is 1. The number of carboxylic acid groups (broad SMARTS) is 1. The van der Waals surface area contributed by atoms with Crippen LogP contribution in [0.3, 0.4) is 0 Å². The molecule has 5 nitrogen and oxygen atoms in total. The lowest BCUT2D eigenvalue weighted by Gasteiger charge is -2.07. The molecule has 1 atom stereocenters. The van der Waals surface area contributed by atoms with E-state index in [4.69, 9.17) is 5.11 Å². The van der Waals surface area contributed by atoms with Gasteiger partial charge in [-0.25, -0.2) is 0 Å². The molecular weight excluding hydrogens is 288 g/mol. The van der Waals surface area contributed by atoms with Gasteiger partial charge in [0.05, 0.1) is 5.75 Å². The molecule has 0 rings (SSSR count). The zero-order chi connectivity index (χ0) is 15.9. The first-order valence-corrected chi connectivity index (χ1v) is 8.64. The molecule has 0 aromatic heterocycles. The Kier molecular flexibility index (Phi) is 13.7. The largest absolute Gasteiger partial charge is 0.481 e. The molecule has 6 heteroatoms. The smallest absolute Gasteiger partial charge is 0.303 e. The first-order valence-electron chi connectivity index (χ1n) is 8.01. The molecule has 0 aliphatic heterocycles. The molecule has 0 aliphatic rings. The highest BCUT2D eigenvalue weighted by Gasteiger charge is 2.13. The molecule has 5 N–H and O–H groups in total. The van der Waals surface area contributed by atoms with Gasteiger partial charge in [0, 0.05) is 13.0 Å². The van der Waals surface area contributed by atoms with E-state index in [1.54, 1.807) is 0 Å². The highest BCUT2D eigenvalue weighted by atomic mass is 32.1. The molecule has 0 saturated heterocycles. The SMILES string of the molecule is [NH3+]C(CS)C(=O)NCCCCCCCCCCCC(=O)O. The van der Waals surface area contributed by atoms with Crippen molar-refractivity contribution in [2.75, 3.05) is 12.3 Å². The third kappa shape index (κ3) is 14.0. The Morgan fingerprint density at radius 2 is 1.43 bits per heavy atom. The Labute approximate surface area is 133 Å². The fourth-order valence-electron chi connectivity index (χ4n) is 2.08. The van der Waals surface area contributed by atoms with Crippen molar-refractivity contribution in [2.45, 2.75) is 70.3 Å². The number of carbonyl (C=O) groups is 2. The van der Waals surface area contributed by atoms with Gasteiger partial charge in [0.15, 0.2) is 6.04 Å². The van der Waals surface area contributed by atoms with E-state index in [9.17, 15) is 9.59 Å². The minimum atomic E-state index is -0.693. The Morgan fingerprint density at radius 1 is 0.952 bits per heavy atom. The highest BCUT2D eigenvalue weighted by Crippen LogP contribution is 2.10. The summed E-state index contributed by atoms with van der Waals surface area (Å²) in [4.78, 5) is 21.7. The van der Waals surface area contributed by atoms with Gasteiger partial charge in [-0.2, -0.15) is 12.6 Å². The molecule has 1 amide bonds. The van der Waals surface area contributed by atoms with E-state index >= 15 is 0 Å². The third-order valence-corrected chi connectivity index (χ3v) is 3.90. The second-order valence-electron chi connectivity index (χ2n) is 5.50. The van der Waals surface area contributed by atoms with Gasteiger partial charge in [0.25, 0.3) is 5.91 Å². The van der Waals surface area contributed by atoms with Crippen LogP contribution in [-0.2, 0) is 9.59 Å². The summed E-state index contributed by atoms with van der Waals surface area (Å²) >= 11 is 4.04. The number of aliphatic carboxylic acids is 1. The van der Waals surface area contributed by atoms with Crippen molar-refractivity contribution in [3.63, 3.8) is 0 Å². The summed E-state index contributed by atoms with van der Waals surface area (Å²) in [5.41, 5.74) is 3.72. The minimum absolute atomic E-state index is 0.00800. The molecule has 0 aliphatic carbocycles. The molecule has 0 aromatic rings. The fourth-order valence-corrected chi connectivity index (χ4v) is 2.24. The van der Waals surface area contributed by atoms with Crippen LogP contribution >= 0.6 is 12.6 Å². The van der Waals surface area contributed by atoms with Crippen molar-refractivity contribution < 1.29 is 20.4 Å². The summed E-state index contributed by atoms with van der Waals surface area (Å²) in [5, 5.41) is 11.4. The number of hydrogen-bond donors (Lipinski definition) is 4. The van der Waals surface area contributed by atoms with Crippen LogP contribution in [0.25, 0.3) is 0 Å². The predicted octanol–water partition coefficient (Wildman–Crippen LogP) is 1.63. The quantitative estimate of drug-likeness (QED) is 0.289. The van der Waals surface area contributed by atoms with E-state index in [1.807, 2.05) is 0 Å². The molecule has 0 bridgehead atoms. The number of carbonyl (C=O) groups excluding carboxylic acids is 1. The van der Waals surface area contributed by atoms with Gasteiger partial charge in [0.2, 0.25) is 0 Å². The Hall–Kier alpha value is -0.750. The summed E-state index contributed by atoms with van der Waals surface area (Å²) in [6.45, 7) is 0.730.